The van der Waals surface area contributed by atoms with Gasteiger partial charge in [-0.15, -0.1) is 0 Å². The predicted octanol–water partition coefficient (Wildman–Crippen LogP) is 9.17. The summed E-state index contributed by atoms with van der Waals surface area (Å²) in [7, 11) is 0. The maximum Gasteiger partial charge on any atom is 0.249 e. The average molecular weight is 632 g/mol. The number of nitrogens with zero attached hydrogens (tertiary/aromatic N) is 2. The summed E-state index contributed by atoms with van der Waals surface area (Å²) in [5.41, 5.74) is 9.95. The van der Waals surface area contributed by atoms with Crippen LogP contribution in [-0.4, -0.2) is 19.3 Å². The van der Waals surface area contributed by atoms with Crippen molar-refractivity contribution in [1.29, 1.82) is 0 Å². The lowest BCUT2D eigenvalue weighted by Gasteiger charge is -2.32. The Balaban J connectivity index is 1.49. The highest BCUT2D eigenvalue weighted by molar-refractivity contribution is 6.79. The van der Waals surface area contributed by atoms with E-state index in [9.17, 15) is 0 Å². The fraction of sp³-hybridized carbons (Fsp3) is 0.133. The van der Waals surface area contributed by atoms with E-state index in [1.165, 1.54) is 33.4 Å². The SMILES string of the molecule is ClC(Cl)(Cl)C1=NC(c2ccc3c(c2)C2(c4ccccc4-c4ccccc42)c2ccccc2-3)NC(C(Cl)(Cl)Cl)=N1. The van der Waals surface area contributed by atoms with Crippen molar-refractivity contribution in [2.24, 2.45) is 9.98 Å². The molecule has 2 aliphatic carbocycles. The Bertz CT molecular complexity index is 1670. The zero-order chi connectivity index (χ0) is 27.2. The molecule has 9 heteroatoms. The van der Waals surface area contributed by atoms with Crippen LogP contribution >= 0.6 is 69.6 Å². The minimum Gasteiger partial charge on any atom is -0.345 e. The number of amidine groups is 2. The van der Waals surface area contributed by atoms with Gasteiger partial charge in [-0.3, -0.25) is 0 Å². The van der Waals surface area contributed by atoms with E-state index in [0.717, 1.165) is 16.7 Å². The standard InChI is InChI=1S/C30H17Cl6N3/c31-29(32,33)26-37-25(38-27(39-26)30(34,35)36)16-13-14-20-19-9-3-6-12-23(19)28(24(20)15-16)21-10-4-1-7-17(21)18-8-2-5-11-22(18)28/h1-15,25H,(H,37,38,39). The van der Waals surface area contributed by atoms with Crippen molar-refractivity contribution in [1.82, 2.24) is 5.32 Å². The normalized spacial score (nSPS) is 18.5. The van der Waals surface area contributed by atoms with E-state index in [0.29, 0.717) is 0 Å². The first-order valence-electron chi connectivity index (χ1n) is 12.1. The second-order valence-corrected chi connectivity index (χ2v) is 14.2. The summed E-state index contributed by atoms with van der Waals surface area (Å²) in [6, 6.07) is 32.0. The molecule has 0 radical (unpaired) electrons. The van der Waals surface area contributed by atoms with Crippen molar-refractivity contribution in [3.63, 3.8) is 0 Å². The third-order valence-corrected chi connectivity index (χ3v) is 8.65. The van der Waals surface area contributed by atoms with Crippen molar-refractivity contribution in [3.8, 4) is 22.3 Å². The number of aliphatic imine (C=N–C) groups is 2. The van der Waals surface area contributed by atoms with Gasteiger partial charge in [-0.2, -0.15) is 0 Å². The molecule has 0 aromatic heterocycles. The van der Waals surface area contributed by atoms with Crippen molar-refractivity contribution in [3.05, 3.63) is 119 Å². The number of hydrogen-bond acceptors (Lipinski definition) is 3. The minimum atomic E-state index is -1.90. The van der Waals surface area contributed by atoms with Crippen molar-refractivity contribution in [2.45, 2.75) is 19.2 Å². The highest BCUT2D eigenvalue weighted by Gasteiger charge is 2.51. The molecular weight excluding hydrogens is 615 g/mol. The predicted molar refractivity (Wildman–Crippen MR) is 164 cm³/mol. The second-order valence-electron chi connectivity index (χ2n) is 9.65. The molecule has 1 heterocycles. The van der Waals surface area contributed by atoms with Gasteiger partial charge in [-0.1, -0.05) is 155 Å². The maximum atomic E-state index is 6.20. The van der Waals surface area contributed by atoms with Crippen LogP contribution in [0.3, 0.4) is 0 Å². The molecular formula is C30H17Cl6N3. The van der Waals surface area contributed by atoms with Gasteiger partial charge in [0.05, 0.1) is 5.41 Å². The number of halogens is 6. The number of rotatable bonds is 1. The van der Waals surface area contributed by atoms with Gasteiger partial charge < -0.3 is 5.32 Å². The van der Waals surface area contributed by atoms with Crippen LogP contribution in [0.15, 0.2) is 101 Å². The van der Waals surface area contributed by atoms with Crippen LogP contribution in [0.4, 0.5) is 0 Å². The van der Waals surface area contributed by atoms with Crippen molar-refractivity contribution >= 4 is 81.3 Å². The van der Waals surface area contributed by atoms with E-state index >= 15 is 0 Å². The van der Waals surface area contributed by atoms with E-state index in [1.807, 2.05) is 6.07 Å². The van der Waals surface area contributed by atoms with Gasteiger partial charge >= 0.3 is 0 Å². The second kappa shape index (κ2) is 8.88. The fourth-order valence-corrected chi connectivity index (χ4v) is 6.74. The summed E-state index contributed by atoms with van der Waals surface area (Å²) in [6.45, 7) is 0. The van der Waals surface area contributed by atoms with Crippen LogP contribution < -0.4 is 5.32 Å². The highest BCUT2D eigenvalue weighted by atomic mass is 35.6. The number of alkyl halides is 6. The van der Waals surface area contributed by atoms with Crippen LogP contribution in [0.2, 0.25) is 0 Å². The molecule has 4 aromatic carbocycles. The van der Waals surface area contributed by atoms with E-state index in [1.54, 1.807) is 0 Å². The average Bonchev–Trinajstić information content (AvgIpc) is 3.39. The van der Waals surface area contributed by atoms with Crippen molar-refractivity contribution in [2.75, 3.05) is 0 Å². The third-order valence-electron chi connectivity index (χ3n) is 7.60. The van der Waals surface area contributed by atoms with E-state index in [4.69, 9.17) is 69.6 Å². The molecule has 4 aromatic rings. The zero-order valence-electron chi connectivity index (χ0n) is 19.9. The van der Waals surface area contributed by atoms with E-state index < -0.39 is 19.2 Å². The van der Waals surface area contributed by atoms with Gasteiger partial charge in [0.2, 0.25) is 7.59 Å². The molecule has 39 heavy (non-hydrogen) atoms. The molecule has 1 atom stereocenters. The zero-order valence-corrected chi connectivity index (χ0v) is 24.4. The Hall–Kier alpha value is -2.24. The quantitative estimate of drug-likeness (QED) is 0.181. The summed E-state index contributed by atoms with van der Waals surface area (Å²) in [5, 5.41) is 3.13. The van der Waals surface area contributed by atoms with Gasteiger partial charge in [0.1, 0.15) is 6.17 Å². The lowest BCUT2D eigenvalue weighted by atomic mass is 9.70. The Morgan fingerprint density at radius 3 is 1.56 bits per heavy atom. The van der Waals surface area contributed by atoms with Crippen LogP contribution in [0.5, 0.6) is 0 Å². The molecule has 0 fully saturated rings. The van der Waals surface area contributed by atoms with Gasteiger partial charge in [0.15, 0.2) is 11.7 Å². The first kappa shape index (κ1) is 25.7. The van der Waals surface area contributed by atoms with Crippen LogP contribution in [-0.2, 0) is 5.41 Å². The molecule has 0 saturated heterocycles. The van der Waals surface area contributed by atoms with Crippen LogP contribution in [0.1, 0.15) is 34.0 Å². The number of hydrogen-bond donors (Lipinski definition) is 1. The Morgan fingerprint density at radius 1 is 0.590 bits per heavy atom. The van der Waals surface area contributed by atoms with Gasteiger partial charge in [0, 0.05) is 0 Å². The Kier molecular flexibility index (Phi) is 5.85. The monoisotopic (exact) mass is 629 g/mol. The number of fused-ring (bicyclic) bond motifs is 10. The van der Waals surface area contributed by atoms with Gasteiger partial charge in [-0.25, -0.2) is 9.98 Å². The molecule has 7 rings (SSSR count). The smallest absolute Gasteiger partial charge is 0.249 e. The largest absolute Gasteiger partial charge is 0.345 e. The summed E-state index contributed by atoms with van der Waals surface area (Å²) in [5.74, 6) is -0.0310. The number of benzene rings is 4. The Labute approximate surface area is 255 Å². The lowest BCUT2D eigenvalue weighted by molar-refractivity contribution is 0.662. The fourth-order valence-electron chi connectivity index (χ4n) is 6.17. The van der Waals surface area contributed by atoms with Crippen LogP contribution in [0, 0.1) is 0 Å². The summed E-state index contributed by atoms with van der Waals surface area (Å²) in [6.07, 6.45) is -0.697. The molecule has 3 aliphatic rings. The molecule has 1 unspecified atom stereocenters. The maximum absolute atomic E-state index is 6.20. The topological polar surface area (TPSA) is 36.8 Å². The molecule has 1 N–H and O–H groups in total. The summed E-state index contributed by atoms with van der Waals surface area (Å²) < 4.78 is -3.77. The van der Waals surface area contributed by atoms with E-state index in [-0.39, 0.29) is 11.7 Å². The first-order valence-corrected chi connectivity index (χ1v) is 14.4. The van der Waals surface area contributed by atoms with E-state index in [2.05, 4.69) is 100 Å². The summed E-state index contributed by atoms with van der Waals surface area (Å²) >= 11 is 37.1. The molecule has 194 valence electrons. The van der Waals surface area contributed by atoms with Crippen LogP contribution in [0.25, 0.3) is 22.3 Å². The van der Waals surface area contributed by atoms with Gasteiger partial charge in [0.25, 0.3) is 0 Å². The Morgan fingerprint density at radius 2 is 1.08 bits per heavy atom. The molecule has 0 saturated carbocycles. The number of nitrogens with one attached hydrogen (secondary N) is 1. The molecule has 0 bridgehead atoms. The third kappa shape index (κ3) is 3.79. The molecule has 1 spiro atoms. The molecule has 3 nitrogen and oxygen atoms in total. The minimum absolute atomic E-state index is 0.0314. The molecule has 0 amide bonds. The van der Waals surface area contributed by atoms with Crippen molar-refractivity contribution < 1.29 is 0 Å². The van der Waals surface area contributed by atoms with Gasteiger partial charge in [-0.05, 0) is 56.1 Å². The first-order chi connectivity index (χ1) is 18.6. The molecule has 1 aliphatic heterocycles. The summed E-state index contributed by atoms with van der Waals surface area (Å²) in [4.78, 5) is 8.81. The highest BCUT2D eigenvalue weighted by Crippen LogP contribution is 2.62. The lowest BCUT2D eigenvalue weighted by Crippen LogP contribution is -2.42.